The molecule has 2 aromatic rings. The number of hydrogen-bond acceptors (Lipinski definition) is 5. The largest absolute Gasteiger partial charge is 0.472 e. The number of benzene rings is 1. The number of rotatable bonds is 4. The fourth-order valence-electron chi connectivity index (χ4n) is 4.28. The van der Waals surface area contributed by atoms with Gasteiger partial charge in [0.15, 0.2) is 5.82 Å². The summed E-state index contributed by atoms with van der Waals surface area (Å²) in [7, 11) is 0. The third-order valence-electron chi connectivity index (χ3n) is 6.06. The van der Waals surface area contributed by atoms with Gasteiger partial charge < -0.3 is 9.64 Å². The van der Waals surface area contributed by atoms with Gasteiger partial charge in [0, 0.05) is 44.6 Å². The van der Waals surface area contributed by atoms with Gasteiger partial charge in [-0.15, -0.1) is 0 Å². The predicted molar refractivity (Wildman–Crippen MR) is 106 cm³/mol. The van der Waals surface area contributed by atoms with Gasteiger partial charge in [-0.1, -0.05) is 11.6 Å². The van der Waals surface area contributed by atoms with Crippen LogP contribution in [0.3, 0.4) is 0 Å². The van der Waals surface area contributed by atoms with Gasteiger partial charge in [0.2, 0.25) is 5.88 Å². The fraction of sp³-hybridized carbons (Fsp3) is 0.476. The minimum atomic E-state index is -1.01. The van der Waals surface area contributed by atoms with E-state index < -0.39 is 22.6 Å². The molecule has 0 bridgehead atoms. The van der Waals surface area contributed by atoms with Gasteiger partial charge in [0.05, 0.1) is 23.7 Å². The molecule has 0 unspecified atom stereocenters. The normalized spacial score (nSPS) is 24.0. The van der Waals surface area contributed by atoms with Gasteiger partial charge in [-0.2, -0.15) is 0 Å². The molecule has 5 rings (SSSR count). The zero-order valence-corrected chi connectivity index (χ0v) is 17.0. The molecule has 1 aromatic heterocycles. The Hall–Kier alpha value is -2.32. The second-order valence-corrected chi connectivity index (χ2v) is 8.53. The van der Waals surface area contributed by atoms with Crippen molar-refractivity contribution < 1.29 is 18.3 Å². The van der Waals surface area contributed by atoms with Crippen LogP contribution in [0.5, 0.6) is 5.88 Å². The molecule has 3 fully saturated rings. The molecule has 158 valence electrons. The topological polar surface area (TPSA) is 58.6 Å². The Labute approximate surface area is 177 Å². The van der Waals surface area contributed by atoms with E-state index in [1.165, 1.54) is 12.8 Å². The van der Waals surface area contributed by atoms with Crippen molar-refractivity contribution in [2.24, 2.45) is 0 Å². The third-order valence-corrected chi connectivity index (χ3v) is 6.41. The van der Waals surface area contributed by atoms with Crippen molar-refractivity contribution in [1.82, 2.24) is 19.8 Å². The summed E-state index contributed by atoms with van der Waals surface area (Å²) < 4.78 is 33.7. The maximum Gasteiger partial charge on any atom is 0.256 e. The van der Waals surface area contributed by atoms with E-state index in [1.807, 2.05) is 0 Å². The van der Waals surface area contributed by atoms with E-state index in [2.05, 4.69) is 14.9 Å². The van der Waals surface area contributed by atoms with Crippen LogP contribution < -0.4 is 4.74 Å². The molecule has 9 heteroatoms. The molecule has 1 amide bonds. The van der Waals surface area contributed by atoms with Crippen LogP contribution in [0.1, 0.15) is 41.2 Å². The quantitative estimate of drug-likeness (QED) is 0.691. The molecule has 1 aliphatic carbocycles. The number of amides is 1. The minimum Gasteiger partial charge on any atom is -0.472 e. The van der Waals surface area contributed by atoms with Crippen molar-refractivity contribution >= 4 is 17.5 Å². The van der Waals surface area contributed by atoms with E-state index in [4.69, 9.17) is 16.3 Å². The molecule has 2 aliphatic heterocycles. The van der Waals surface area contributed by atoms with Crippen LogP contribution in [-0.2, 0) is 0 Å². The van der Waals surface area contributed by atoms with Crippen LogP contribution in [0.2, 0.25) is 5.02 Å². The highest BCUT2D eigenvalue weighted by atomic mass is 35.5. The monoisotopic (exact) mass is 434 g/mol. The average Bonchev–Trinajstić information content (AvgIpc) is 3.52. The zero-order chi connectivity index (χ0) is 20.8. The summed E-state index contributed by atoms with van der Waals surface area (Å²) in [6.45, 7) is 2.33. The summed E-state index contributed by atoms with van der Waals surface area (Å²) in [5.41, 5.74) is 0.820. The number of piperazine rings is 1. The van der Waals surface area contributed by atoms with E-state index in [9.17, 15) is 13.6 Å². The summed E-state index contributed by atoms with van der Waals surface area (Å²) in [5, 5.41) is -0.650. The molecule has 2 saturated heterocycles. The highest BCUT2D eigenvalue weighted by molar-refractivity contribution is 6.31. The third kappa shape index (κ3) is 3.74. The molecule has 1 aromatic carbocycles. The molecule has 6 nitrogen and oxygen atoms in total. The van der Waals surface area contributed by atoms with Gasteiger partial charge >= 0.3 is 0 Å². The van der Waals surface area contributed by atoms with Gasteiger partial charge in [0.1, 0.15) is 16.9 Å². The van der Waals surface area contributed by atoms with E-state index in [1.54, 1.807) is 17.3 Å². The SMILES string of the molecule is O=C(c1ccc(F)c(Cl)c1F)N1CCN2C[C@H](Oc3cnc(C4CC4)cn3)C[C@H]2C1. The van der Waals surface area contributed by atoms with Crippen molar-refractivity contribution in [2.45, 2.75) is 37.3 Å². The summed E-state index contributed by atoms with van der Waals surface area (Å²) in [5.74, 6) is -1.29. The Kier molecular flexibility index (Phi) is 5.06. The summed E-state index contributed by atoms with van der Waals surface area (Å²) in [4.78, 5) is 25.5. The number of halogens is 3. The Bertz CT molecular complexity index is 970. The Morgan fingerprint density at radius 1 is 1.13 bits per heavy atom. The van der Waals surface area contributed by atoms with E-state index >= 15 is 0 Å². The lowest BCUT2D eigenvalue weighted by atomic mass is 10.1. The first kappa shape index (κ1) is 19.6. The molecular weight excluding hydrogens is 414 g/mol. The van der Waals surface area contributed by atoms with E-state index in [-0.39, 0.29) is 17.7 Å². The van der Waals surface area contributed by atoms with Crippen LogP contribution in [-0.4, -0.2) is 64.0 Å². The molecule has 3 aliphatic rings. The maximum atomic E-state index is 14.3. The molecule has 2 atom stereocenters. The lowest BCUT2D eigenvalue weighted by Gasteiger charge is -2.37. The molecule has 0 N–H and O–H groups in total. The Balaban J connectivity index is 1.21. The predicted octanol–water partition coefficient (Wildman–Crippen LogP) is 3.26. The van der Waals surface area contributed by atoms with Crippen molar-refractivity contribution in [1.29, 1.82) is 0 Å². The first-order valence-electron chi connectivity index (χ1n) is 10.1. The number of fused-ring (bicyclic) bond motifs is 1. The van der Waals surface area contributed by atoms with Crippen molar-refractivity contribution in [2.75, 3.05) is 26.2 Å². The molecule has 0 spiro atoms. The van der Waals surface area contributed by atoms with Crippen LogP contribution in [0.25, 0.3) is 0 Å². The standard InChI is InChI=1S/C21H21ClF2N4O2/c22-19-16(23)4-3-15(20(19)24)21(29)28-6-5-27-11-14(7-13(27)10-28)30-18-9-25-17(8-26-18)12-1-2-12/h3-4,8-9,12-14H,1-2,5-7,10-11H2/t13-,14+/m0/s1. The lowest BCUT2D eigenvalue weighted by molar-refractivity contribution is 0.0565. The fourth-order valence-corrected chi connectivity index (χ4v) is 4.44. The second kappa shape index (κ2) is 7.74. The van der Waals surface area contributed by atoms with Crippen molar-refractivity contribution in [3.8, 4) is 5.88 Å². The molecule has 3 heterocycles. The molecule has 0 radical (unpaired) electrons. The number of aromatic nitrogens is 2. The van der Waals surface area contributed by atoms with Crippen LogP contribution in [0, 0.1) is 11.6 Å². The summed E-state index contributed by atoms with van der Waals surface area (Å²) >= 11 is 5.62. The Morgan fingerprint density at radius 2 is 1.97 bits per heavy atom. The molecule has 1 saturated carbocycles. The molecular formula is C21H21ClF2N4O2. The number of carbonyl (C=O) groups excluding carboxylic acids is 1. The first-order valence-corrected chi connectivity index (χ1v) is 10.5. The van der Waals surface area contributed by atoms with Gasteiger partial charge in [-0.25, -0.2) is 13.8 Å². The Morgan fingerprint density at radius 3 is 2.70 bits per heavy atom. The zero-order valence-electron chi connectivity index (χ0n) is 16.2. The van der Waals surface area contributed by atoms with Crippen LogP contribution >= 0.6 is 11.6 Å². The van der Waals surface area contributed by atoms with Gasteiger partial charge in [0.25, 0.3) is 5.91 Å². The van der Waals surface area contributed by atoms with Crippen molar-refractivity contribution in [3.63, 3.8) is 0 Å². The number of nitrogens with zero attached hydrogens (tertiary/aromatic N) is 4. The average molecular weight is 435 g/mol. The van der Waals surface area contributed by atoms with Crippen LogP contribution in [0.4, 0.5) is 8.78 Å². The minimum absolute atomic E-state index is 0.0388. The number of carbonyl (C=O) groups is 1. The van der Waals surface area contributed by atoms with Gasteiger partial charge in [-0.3, -0.25) is 14.7 Å². The first-order chi connectivity index (χ1) is 14.5. The van der Waals surface area contributed by atoms with Crippen molar-refractivity contribution in [3.05, 3.63) is 52.4 Å². The second-order valence-electron chi connectivity index (χ2n) is 8.15. The van der Waals surface area contributed by atoms with Gasteiger partial charge in [-0.05, 0) is 25.0 Å². The highest BCUT2D eigenvalue weighted by Crippen LogP contribution is 2.38. The van der Waals surface area contributed by atoms with Crippen LogP contribution in [0.15, 0.2) is 24.5 Å². The number of ether oxygens (including phenoxy) is 1. The van der Waals surface area contributed by atoms with E-state index in [0.29, 0.717) is 31.4 Å². The summed E-state index contributed by atoms with van der Waals surface area (Å²) in [6.07, 6.45) is 6.53. The number of hydrogen-bond donors (Lipinski definition) is 0. The summed E-state index contributed by atoms with van der Waals surface area (Å²) in [6, 6.07) is 2.28. The maximum absolute atomic E-state index is 14.3. The van der Waals surface area contributed by atoms with E-state index in [0.717, 1.165) is 30.8 Å². The lowest BCUT2D eigenvalue weighted by Crippen LogP contribution is -2.52. The molecule has 30 heavy (non-hydrogen) atoms. The highest BCUT2D eigenvalue weighted by Gasteiger charge is 2.39. The smallest absolute Gasteiger partial charge is 0.256 e.